The van der Waals surface area contributed by atoms with Crippen molar-refractivity contribution in [1.82, 2.24) is 9.88 Å². The molecular weight excluding hydrogens is 314 g/mol. The standard InChI is InChI=1S/C17H14F2N4O/c18-13-2-3-14(15(19)9-13)17(24)23-7-5-22(6-8-23)16-4-1-12(10-20)11-21-16/h1-4,9,11H,5-8H2. The first-order valence-electron chi connectivity index (χ1n) is 7.44. The summed E-state index contributed by atoms with van der Waals surface area (Å²) in [5, 5.41) is 8.78. The van der Waals surface area contributed by atoms with Crippen LogP contribution in [0.3, 0.4) is 0 Å². The van der Waals surface area contributed by atoms with Crippen LogP contribution >= 0.6 is 0 Å². The molecule has 1 aliphatic rings. The third-order valence-corrected chi connectivity index (χ3v) is 3.93. The summed E-state index contributed by atoms with van der Waals surface area (Å²) in [6.45, 7) is 1.93. The Hall–Kier alpha value is -3.01. The molecule has 0 aliphatic carbocycles. The summed E-state index contributed by atoms with van der Waals surface area (Å²) in [6.07, 6.45) is 1.50. The molecule has 24 heavy (non-hydrogen) atoms. The number of halogens is 2. The topological polar surface area (TPSA) is 60.2 Å². The summed E-state index contributed by atoms with van der Waals surface area (Å²) in [5.41, 5.74) is 0.362. The molecule has 0 bridgehead atoms. The van der Waals surface area contributed by atoms with E-state index in [4.69, 9.17) is 5.26 Å². The second kappa shape index (κ2) is 6.62. The maximum absolute atomic E-state index is 13.7. The van der Waals surface area contributed by atoms with Gasteiger partial charge in [0.2, 0.25) is 0 Å². The molecular formula is C17H14F2N4O. The van der Waals surface area contributed by atoms with Gasteiger partial charge in [0.15, 0.2) is 0 Å². The van der Waals surface area contributed by atoms with E-state index >= 15 is 0 Å². The molecule has 0 spiro atoms. The van der Waals surface area contributed by atoms with Gasteiger partial charge in [-0.1, -0.05) is 0 Å². The predicted molar refractivity (Wildman–Crippen MR) is 83.4 cm³/mol. The first kappa shape index (κ1) is 15.9. The minimum absolute atomic E-state index is 0.124. The van der Waals surface area contributed by atoms with Crippen molar-refractivity contribution >= 4 is 11.7 Å². The molecule has 1 fully saturated rings. The molecule has 1 aromatic heterocycles. The second-order valence-corrected chi connectivity index (χ2v) is 5.42. The Balaban J connectivity index is 1.66. The number of hydrogen-bond donors (Lipinski definition) is 0. The monoisotopic (exact) mass is 328 g/mol. The van der Waals surface area contributed by atoms with Crippen LogP contribution in [0.15, 0.2) is 36.5 Å². The van der Waals surface area contributed by atoms with E-state index in [0.29, 0.717) is 37.8 Å². The second-order valence-electron chi connectivity index (χ2n) is 5.42. The molecule has 0 radical (unpaired) electrons. The van der Waals surface area contributed by atoms with E-state index in [1.807, 2.05) is 11.0 Å². The van der Waals surface area contributed by atoms with Gasteiger partial charge in [0.05, 0.1) is 11.1 Å². The average molecular weight is 328 g/mol. The SMILES string of the molecule is N#Cc1ccc(N2CCN(C(=O)c3ccc(F)cc3F)CC2)nc1. The van der Waals surface area contributed by atoms with Gasteiger partial charge in [-0.05, 0) is 24.3 Å². The molecule has 2 aromatic rings. The summed E-state index contributed by atoms with van der Waals surface area (Å²) < 4.78 is 26.7. The van der Waals surface area contributed by atoms with E-state index in [1.165, 1.54) is 17.2 Å². The molecule has 122 valence electrons. The van der Waals surface area contributed by atoms with Gasteiger partial charge >= 0.3 is 0 Å². The van der Waals surface area contributed by atoms with E-state index in [-0.39, 0.29) is 5.56 Å². The highest BCUT2D eigenvalue weighted by Crippen LogP contribution is 2.17. The fraction of sp³-hybridized carbons (Fsp3) is 0.235. The molecule has 1 aliphatic heterocycles. The molecule has 5 nitrogen and oxygen atoms in total. The average Bonchev–Trinajstić information content (AvgIpc) is 2.61. The molecule has 7 heteroatoms. The van der Waals surface area contributed by atoms with Gasteiger partial charge in [-0.15, -0.1) is 0 Å². The summed E-state index contributed by atoms with van der Waals surface area (Å²) >= 11 is 0. The number of rotatable bonds is 2. The van der Waals surface area contributed by atoms with E-state index in [0.717, 1.165) is 11.9 Å². The van der Waals surface area contributed by atoms with Gasteiger partial charge in [0.1, 0.15) is 23.5 Å². The number of amides is 1. The number of carbonyl (C=O) groups is 1. The third-order valence-electron chi connectivity index (χ3n) is 3.93. The zero-order valence-electron chi connectivity index (χ0n) is 12.7. The first-order chi connectivity index (χ1) is 11.6. The maximum Gasteiger partial charge on any atom is 0.256 e. The van der Waals surface area contributed by atoms with Crippen LogP contribution < -0.4 is 4.90 Å². The van der Waals surface area contributed by atoms with E-state index in [1.54, 1.807) is 12.1 Å². The number of carbonyl (C=O) groups excluding carboxylic acids is 1. The lowest BCUT2D eigenvalue weighted by Crippen LogP contribution is -2.49. The largest absolute Gasteiger partial charge is 0.353 e. The van der Waals surface area contributed by atoms with Crippen molar-refractivity contribution in [1.29, 1.82) is 5.26 Å². The Labute approximate surface area is 137 Å². The Bertz CT molecular complexity index is 793. The van der Waals surface area contributed by atoms with Crippen LogP contribution in [0.25, 0.3) is 0 Å². The van der Waals surface area contributed by atoms with Gasteiger partial charge < -0.3 is 9.80 Å². The first-order valence-corrected chi connectivity index (χ1v) is 7.44. The normalized spacial score (nSPS) is 14.4. The van der Waals surface area contributed by atoms with E-state index in [2.05, 4.69) is 4.98 Å². The highest BCUT2D eigenvalue weighted by molar-refractivity contribution is 5.94. The maximum atomic E-state index is 13.7. The molecule has 3 rings (SSSR count). The zero-order valence-corrected chi connectivity index (χ0v) is 12.7. The molecule has 0 saturated carbocycles. The lowest BCUT2D eigenvalue weighted by molar-refractivity contribution is 0.0741. The molecule has 1 amide bonds. The van der Waals surface area contributed by atoms with Crippen molar-refractivity contribution in [3.05, 3.63) is 59.3 Å². The quantitative estimate of drug-likeness (QED) is 0.848. The van der Waals surface area contributed by atoms with Crippen LogP contribution in [0.2, 0.25) is 0 Å². The Morgan fingerprint density at radius 2 is 1.88 bits per heavy atom. The van der Waals surface area contributed by atoms with Gasteiger partial charge in [-0.3, -0.25) is 4.79 Å². The van der Waals surface area contributed by atoms with Crippen LogP contribution in [0.4, 0.5) is 14.6 Å². The summed E-state index contributed by atoms with van der Waals surface area (Å²) in [7, 11) is 0. The Morgan fingerprint density at radius 3 is 2.46 bits per heavy atom. The minimum Gasteiger partial charge on any atom is -0.353 e. The number of nitriles is 1. The van der Waals surface area contributed by atoms with Crippen LogP contribution in [-0.4, -0.2) is 42.0 Å². The number of aromatic nitrogens is 1. The molecule has 0 N–H and O–H groups in total. The van der Waals surface area contributed by atoms with E-state index in [9.17, 15) is 13.6 Å². The number of benzene rings is 1. The van der Waals surface area contributed by atoms with Crippen molar-refractivity contribution < 1.29 is 13.6 Å². The third kappa shape index (κ3) is 3.18. The van der Waals surface area contributed by atoms with Crippen molar-refractivity contribution in [3.8, 4) is 6.07 Å². The Morgan fingerprint density at radius 1 is 1.12 bits per heavy atom. The van der Waals surface area contributed by atoms with Crippen molar-refractivity contribution in [2.75, 3.05) is 31.1 Å². The number of nitrogens with zero attached hydrogens (tertiary/aromatic N) is 4. The number of pyridine rings is 1. The fourth-order valence-corrected chi connectivity index (χ4v) is 2.61. The lowest BCUT2D eigenvalue weighted by atomic mass is 10.1. The fourth-order valence-electron chi connectivity index (χ4n) is 2.61. The molecule has 2 heterocycles. The number of anilines is 1. The van der Waals surface area contributed by atoms with E-state index < -0.39 is 17.5 Å². The summed E-state index contributed by atoms with van der Waals surface area (Å²) in [5.74, 6) is -1.27. The number of piperazine rings is 1. The summed E-state index contributed by atoms with van der Waals surface area (Å²) in [4.78, 5) is 20.1. The minimum atomic E-state index is -0.851. The van der Waals surface area contributed by atoms with Gasteiger partial charge in [-0.2, -0.15) is 5.26 Å². The molecule has 0 atom stereocenters. The van der Waals surface area contributed by atoms with Crippen molar-refractivity contribution in [2.45, 2.75) is 0 Å². The van der Waals surface area contributed by atoms with Crippen molar-refractivity contribution in [3.63, 3.8) is 0 Å². The lowest BCUT2D eigenvalue weighted by Gasteiger charge is -2.35. The van der Waals surface area contributed by atoms with Gasteiger partial charge in [0.25, 0.3) is 5.91 Å². The van der Waals surface area contributed by atoms with Crippen LogP contribution in [0.1, 0.15) is 15.9 Å². The molecule has 1 aromatic carbocycles. The van der Waals surface area contributed by atoms with Crippen molar-refractivity contribution in [2.24, 2.45) is 0 Å². The molecule has 1 saturated heterocycles. The smallest absolute Gasteiger partial charge is 0.256 e. The molecule has 0 unspecified atom stereocenters. The van der Waals surface area contributed by atoms with Gasteiger partial charge in [0, 0.05) is 38.4 Å². The number of hydrogen-bond acceptors (Lipinski definition) is 4. The predicted octanol–water partition coefficient (Wildman–Crippen LogP) is 2.19. The van der Waals surface area contributed by atoms with Crippen LogP contribution in [-0.2, 0) is 0 Å². The summed E-state index contributed by atoms with van der Waals surface area (Å²) in [6, 6.07) is 8.42. The van der Waals surface area contributed by atoms with Gasteiger partial charge in [-0.25, -0.2) is 13.8 Å². The van der Waals surface area contributed by atoms with Crippen LogP contribution in [0.5, 0.6) is 0 Å². The highest BCUT2D eigenvalue weighted by Gasteiger charge is 2.24. The van der Waals surface area contributed by atoms with Crippen LogP contribution in [0, 0.1) is 23.0 Å². The zero-order chi connectivity index (χ0) is 17.1. The Kier molecular flexibility index (Phi) is 4.38. The highest BCUT2D eigenvalue weighted by atomic mass is 19.1.